The van der Waals surface area contributed by atoms with Crippen molar-refractivity contribution in [1.29, 1.82) is 0 Å². The van der Waals surface area contributed by atoms with Crippen molar-refractivity contribution in [3.05, 3.63) is 42.2 Å². The molecule has 6 heteroatoms. The lowest BCUT2D eigenvalue weighted by atomic mass is 10.1. The zero-order valence-corrected chi connectivity index (χ0v) is 11.4. The molecule has 0 spiro atoms. The van der Waals surface area contributed by atoms with E-state index in [1.165, 1.54) is 0 Å². The summed E-state index contributed by atoms with van der Waals surface area (Å²) in [7, 11) is 0. The van der Waals surface area contributed by atoms with E-state index in [0.29, 0.717) is 5.82 Å². The highest BCUT2D eigenvalue weighted by molar-refractivity contribution is 5.89. The molecule has 2 N–H and O–H groups in total. The van der Waals surface area contributed by atoms with E-state index >= 15 is 0 Å². The molecular weight excluding hydrogens is 266 g/mol. The summed E-state index contributed by atoms with van der Waals surface area (Å²) >= 11 is 0. The number of fused-ring (bicyclic) bond motifs is 2. The molecule has 1 aromatic carbocycles. The fourth-order valence-corrected chi connectivity index (χ4v) is 2.40. The zero-order valence-electron chi connectivity index (χ0n) is 11.4. The van der Waals surface area contributed by atoms with E-state index in [4.69, 9.17) is 4.52 Å². The van der Waals surface area contributed by atoms with Crippen molar-refractivity contribution in [2.45, 2.75) is 13.3 Å². The molecule has 0 saturated heterocycles. The fraction of sp³-hybridized carbons (Fsp3) is 0.133. The predicted octanol–water partition coefficient (Wildman–Crippen LogP) is 3.41. The first kappa shape index (κ1) is 11.9. The average Bonchev–Trinajstić information content (AvgIpc) is 3.11. The van der Waals surface area contributed by atoms with E-state index in [2.05, 4.69) is 32.6 Å². The van der Waals surface area contributed by atoms with Crippen molar-refractivity contribution in [2.75, 3.05) is 5.32 Å². The Labute approximate surface area is 120 Å². The van der Waals surface area contributed by atoms with E-state index in [-0.39, 0.29) is 0 Å². The summed E-state index contributed by atoms with van der Waals surface area (Å²) in [6, 6.07) is 9.73. The van der Waals surface area contributed by atoms with Crippen LogP contribution in [0.3, 0.4) is 0 Å². The maximum Gasteiger partial charge on any atom is 0.178 e. The van der Waals surface area contributed by atoms with Crippen LogP contribution < -0.4 is 5.32 Å². The highest BCUT2D eigenvalue weighted by Gasteiger charge is 2.10. The Hall–Kier alpha value is -2.89. The smallest absolute Gasteiger partial charge is 0.178 e. The van der Waals surface area contributed by atoms with Crippen LogP contribution in [-0.2, 0) is 6.42 Å². The van der Waals surface area contributed by atoms with E-state index in [9.17, 15) is 0 Å². The van der Waals surface area contributed by atoms with Crippen LogP contribution in [-0.4, -0.2) is 20.3 Å². The number of rotatable bonds is 3. The third-order valence-electron chi connectivity index (χ3n) is 3.46. The minimum Gasteiger partial charge on any atom is -0.356 e. The molecule has 21 heavy (non-hydrogen) atoms. The Balaban J connectivity index is 1.73. The molecule has 3 heterocycles. The van der Waals surface area contributed by atoms with Crippen LogP contribution in [0.4, 0.5) is 11.5 Å². The lowest BCUT2D eigenvalue weighted by Gasteiger charge is -2.02. The van der Waals surface area contributed by atoms with Crippen LogP contribution >= 0.6 is 0 Å². The molecule has 0 aliphatic rings. The number of aromatic nitrogens is 4. The number of aryl methyl sites for hydroxylation is 1. The van der Waals surface area contributed by atoms with Gasteiger partial charge in [0.15, 0.2) is 11.4 Å². The van der Waals surface area contributed by atoms with E-state index in [1.807, 2.05) is 30.3 Å². The van der Waals surface area contributed by atoms with Crippen LogP contribution in [0.15, 0.2) is 41.1 Å². The maximum atomic E-state index is 5.35. The molecule has 6 nitrogen and oxygen atoms in total. The monoisotopic (exact) mass is 279 g/mol. The van der Waals surface area contributed by atoms with Crippen molar-refractivity contribution in [3.63, 3.8) is 0 Å². The minimum atomic E-state index is 0.695. The average molecular weight is 279 g/mol. The summed E-state index contributed by atoms with van der Waals surface area (Å²) in [4.78, 5) is 4.32. The molecule has 0 bridgehead atoms. The first-order chi connectivity index (χ1) is 10.3. The number of hydrogen-bond donors (Lipinski definition) is 2. The number of anilines is 2. The second kappa shape index (κ2) is 4.59. The van der Waals surface area contributed by atoms with Gasteiger partial charge in [-0.05, 0) is 30.7 Å². The van der Waals surface area contributed by atoms with Crippen LogP contribution in [0, 0.1) is 0 Å². The molecular formula is C15H13N5O. The van der Waals surface area contributed by atoms with Gasteiger partial charge in [-0.3, -0.25) is 10.1 Å². The molecule has 0 amide bonds. The number of benzene rings is 1. The molecule has 0 aliphatic heterocycles. The summed E-state index contributed by atoms with van der Waals surface area (Å²) in [6.45, 7) is 2.06. The molecule has 4 rings (SSSR count). The van der Waals surface area contributed by atoms with Gasteiger partial charge in [0, 0.05) is 23.3 Å². The number of nitrogens with one attached hydrogen (secondary N) is 2. The van der Waals surface area contributed by atoms with Crippen LogP contribution in [0.25, 0.3) is 22.0 Å². The number of nitrogens with zero attached hydrogens (tertiary/aromatic N) is 3. The zero-order chi connectivity index (χ0) is 14.2. The van der Waals surface area contributed by atoms with Gasteiger partial charge in [0.2, 0.25) is 0 Å². The van der Waals surface area contributed by atoms with Gasteiger partial charge in [0.25, 0.3) is 0 Å². The Kier molecular flexibility index (Phi) is 2.60. The number of H-pyrrole nitrogens is 1. The molecule has 104 valence electrons. The standard InChI is InChI=1S/C15H13N5O/c1-2-11-10-6-5-9(8-13(10)21-20-11)17-15-14-12(18-19-15)4-3-7-16-14/h3-8H,2H2,1H3,(H2,17,18,19). The third-order valence-corrected chi connectivity index (χ3v) is 3.46. The fourth-order valence-electron chi connectivity index (χ4n) is 2.40. The highest BCUT2D eigenvalue weighted by atomic mass is 16.5. The predicted molar refractivity (Wildman–Crippen MR) is 80.6 cm³/mol. The Morgan fingerprint density at radius 3 is 3.14 bits per heavy atom. The van der Waals surface area contributed by atoms with E-state index in [0.717, 1.165) is 39.8 Å². The van der Waals surface area contributed by atoms with Crippen LogP contribution in [0.1, 0.15) is 12.6 Å². The van der Waals surface area contributed by atoms with Crippen molar-refractivity contribution < 1.29 is 4.52 Å². The molecule has 4 aromatic rings. The summed E-state index contributed by atoms with van der Waals surface area (Å²) in [5.74, 6) is 0.695. The van der Waals surface area contributed by atoms with Gasteiger partial charge in [0.05, 0.1) is 11.2 Å². The number of hydrogen-bond acceptors (Lipinski definition) is 5. The van der Waals surface area contributed by atoms with Crippen molar-refractivity contribution in [1.82, 2.24) is 20.3 Å². The summed E-state index contributed by atoms with van der Waals surface area (Å²) < 4.78 is 5.35. The molecule has 0 aliphatic carbocycles. The molecule has 0 radical (unpaired) electrons. The van der Waals surface area contributed by atoms with Gasteiger partial charge >= 0.3 is 0 Å². The van der Waals surface area contributed by atoms with Gasteiger partial charge < -0.3 is 9.84 Å². The summed E-state index contributed by atoms with van der Waals surface area (Å²) in [5.41, 5.74) is 4.34. The van der Waals surface area contributed by atoms with Crippen molar-refractivity contribution in [3.8, 4) is 0 Å². The molecule has 0 fully saturated rings. The quantitative estimate of drug-likeness (QED) is 0.600. The molecule has 0 unspecified atom stereocenters. The first-order valence-electron chi connectivity index (χ1n) is 6.79. The van der Waals surface area contributed by atoms with Gasteiger partial charge in [-0.25, -0.2) is 0 Å². The normalized spacial score (nSPS) is 11.3. The number of pyridine rings is 1. The summed E-state index contributed by atoms with van der Waals surface area (Å²) in [5, 5.41) is 15.6. The SMILES string of the molecule is CCc1noc2cc(Nc3n[nH]c4cccnc34)ccc12. The Bertz CT molecular complexity index is 924. The van der Waals surface area contributed by atoms with Gasteiger partial charge in [-0.1, -0.05) is 12.1 Å². The largest absolute Gasteiger partial charge is 0.356 e. The molecule has 0 atom stereocenters. The molecule has 0 saturated carbocycles. The minimum absolute atomic E-state index is 0.695. The highest BCUT2D eigenvalue weighted by Crippen LogP contribution is 2.26. The summed E-state index contributed by atoms with van der Waals surface area (Å²) in [6.07, 6.45) is 2.60. The second-order valence-electron chi connectivity index (χ2n) is 4.79. The first-order valence-corrected chi connectivity index (χ1v) is 6.79. The lowest BCUT2D eigenvalue weighted by molar-refractivity contribution is 0.447. The van der Waals surface area contributed by atoms with Gasteiger partial charge in [-0.2, -0.15) is 5.10 Å². The number of aromatic amines is 1. The maximum absolute atomic E-state index is 5.35. The second-order valence-corrected chi connectivity index (χ2v) is 4.79. The third kappa shape index (κ3) is 1.92. The topological polar surface area (TPSA) is 79.6 Å². The van der Waals surface area contributed by atoms with Crippen LogP contribution in [0.5, 0.6) is 0 Å². The van der Waals surface area contributed by atoms with Crippen molar-refractivity contribution >= 4 is 33.5 Å². The lowest BCUT2D eigenvalue weighted by Crippen LogP contribution is -1.91. The van der Waals surface area contributed by atoms with Gasteiger partial charge in [0.1, 0.15) is 5.52 Å². The molecule has 3 aromatic heterocycles. The van der Waals surface area contributed by atoms with E-state index in [1.54, 1.807) is 6.20 Å². The Morgan fingerprint density at radius 1 is 1.29 bits per heavy atom. The Morgan fingerprint density at radius 2 is 2.24 bits per heavy atom. The van der Waals surface area contributed by atoms with Crippen molar-refractivity contribution in [2.24, 2.45) is 0 Å². The van der Waals surface area contributed by atoms with Gasteiger partial charge in [-0.15, -0.1) is 0 Å². The van der Waals surface area contributed by atoms with Crippen LogP contribution in [0.2, 0.25) is 0 Å². The van der Waals surface area contributed by atoms with E-state index < -0.39 is 0 Å².